The van der Waals surface area contributed by atoms with Crippen LogP contribution in [-0.2, 0) is 0 Å². The molecule has 0 aromatic heterocycles. The minimum absolute atomic E-state index is 0.0509. The topological polar surface area (TPSA) is 53.2 Å². The summed E-state index contributed by atoms with van der Waals surface area (Å²) in [5.74, 6) is 0. The first-order chi connectivity index (χ1) is 7.56. The van der Waals surface area contributed by atoms with Crippen LogP contribution in [0.2, 0.25) is 0 Å². The first-order valence-electron chi connectivity index (χ1n) is 6.31. The van der Waals surface area contributed by atoms with Crippen molar-refractivity contribution in [3.8, 4) is 0 Å². The van der Waals surface area contributed by atoms with E-state index < -0.39 is 0 Å². The largest absolute Gasteiger partial charge is 0.338 e. The molecule has 2 amide bonds. The Morgan fingerprint density at radius 2 is 2.19 bits per heavy atom. The van der Waals surface area contributed by atoms with Gasteiger partial charge in [-0.05, 0) is 31.2 Å². The maximum atomic E-state index is 11.4. The second-order valence-electron chi connectivity index (χ2n) is 5.24. The molecule has 0 bridgehead atoms. The van der Waals surface area contributed by atoms with Crippen LogP contribution in [0.5, 0.6) is 0 Å². The number of nitrogens with one attached hydrogen (secondary N) is 3. The highest BCUT2D eigenvalue weighted by Crippen LogP contribution is 2.29. The number of rotatable bonds is 4. The van der Waals surface area contributed by atoms with E-state index in [0.717, 1.165) is 19.5 Å². The third-order valence-corrected chi connectivity index (χ3v) is 3.33. The second kappa shape index (κ2) is 6.09. The summed E-state index contributed by atoms with van der Waals surface area (Å²) >= 11 is 0. The number of hydrogen-bond donors (Lipinski definition) is 3. The fourth-order valence-electron chi connectivity index (χ4n) is 2.12. The van der Waals surface area contributed by atoms with Gasteiger partial charge in [-0.15, -0.1) is 0 Å². The van der Waals surface area contributed by atoms with Gasteiger partial charge in [0.15, 0.2) is 0 Å². The molecule has 0 aromatic rings. The predicted molar refractivity (Wildman–Crippen MR) is 66.5 cm³/mol. The summed E-state index contributed by atoms with van der Waals surface area (Å²) in [7, 11) is 0. The van der Waals surface area contributed by atoms with Crippen LogP contribution in [0, 0.1) is 5.41 Å². The van der Waals surface area contributed by atoms with Crippen LogP contribution in [0.15, 0.2) is 0 Å². The van der Waals surface area contributed by atoms with Crippen molar-refractivity contribution in [2.75, 3.05) is 19.6 Å². The van der Waals surface area contributed by atoms with Crippen LogP contribution < -0.4 is 16.0 Å². The van der Waals surface area contributed by atoms with Gasteiger partial charge in [0, 0.05) is 19.1 Å². The van der Waals surface area contributed by atoms with Crippen LogP contribution in [0.4, 0.5) is 4.79 Å². The number of carbonyl (C=O) groups excluding carboxylic acids is 1. The molecule has 0 saturated carbocycles. The highest BCUT2D eigenvalue weighted by atomic mass is 16.2. The molecule has 16 heavy (non-hydrogen) atoms. The van der Waals surface area contributed by atoms with E-state index in [1.54, 1.807) is 0 Å². The SMILES string of the molecule is CCCNC(=O)NCC1NCCCC1(C)C. The van der Waals surface area contributed by atoms with Crippen molar-refractivity contribution in [1.82, 2.24) is 16.0 Å². The van der Waals surface area contributed by atoms with E-state index in [2.05, 4.69) is 29.8 Å². The first-order valence-corrected chi connectivity index (χ1v) is 6.31. The van der Waals surface area contributed by atoms with Gasteiger partial charge in [0.25, 0.3) is 0 Å². The Hall–Kier alpha value is -0.770. The zero-order chi connectivity index (χ0) is 12.0. The molecule has 4 heteroatoms. The van der Waals surface area contributed by atoms with Crippen LogP contribution in [-0.4, -0.2) is 31.7 Å². The summed E-state index contributed by atoms with van der Waals surface area (Å²) in [6, 6.07) is 0.332. The Bertz CT molecular complexity index is 228. The highest BCUT2D eigenvalue weighted by Gasteiger charge is 2.31. The Balaban J connectivity index is 2.27. The maximum absolute atomic E-state index is 11.4. The van der Waals surface area contributed by atoms with Crippen molar-refractivity contribution < 1.29 is 4.79 Å². The Labute approximate surface area is 98.6 Å². The van der Waals surface area contributed by atoms with Crippen LogP contribution in [0.1, 0.15) is 40.0 Å². The quantitative estimate of drug-likeness (QED) is 0.681. The van der Waals surface area contributed by atoms with E-state index in [4.69, 9.17) is 0 Å². The number of piperidine rings is 1. The summed E-state index contributed by atoms with van der Waals surface area (Å²) in [5, 5.41) is 9.23. The minimum Gasteiger partial charge on any atom is -0.338 e. The lowest BCUT2D eigenvalue weighted by Gasteiger charge is -2.39. The minimum atomic E-state index is -0.0509. The summed E-state index contributed by atoms with van der Waals surface area (Å²) in [4.78, 5) is 11.4. The fraction of sp³-hybridized carbons (Fsp3) is 0.917. The summed E-state index contributed by atoms with van der Waals surface area (Å²) in [5.41, 5.74) is 0.274. The lowest BCUT2D eigenvalue weighted by molar-refractivity contribution is 0.175. The third-order valence-electron chi connectivity index (χ3n) is 3.33. The maximum Gasteiger partial charge on any atom is 0.314 e. The molecule has 1 unspecified atom stereocenters. The van der Waals surface area contributed by atoms with Crippen molar-refractivity contribution >= 4 is 6.03 Å². The fourth-order valence-corrected chi connectivity index (χ4v) is 2.12. The molecule has 1 fully saturated rings. The normalized spacial score (nSPS) is 23.8. The monoisotopic (exact) mass is 227 g/mol. The molecule has 4 nitrogen and oxygen atoms in total. The van der Waals surface area contributed by atoms with Gasteiger partial charge >= 0.3 is 6.03 Å². The molecule has 0 aromatic carbocycles. The third kappa shape index (κ3) is 4.00. The molecule has 1 rings (SSSR count). The summed E-state index contributed by atoms with van der Waals surface area (Å²) in [6.45, 7) is 9.08. The number of urea groups is 1. The van der Waals surface area contributed by atoms with E-state index in [1.807, 2.05) is 6.92 Å². The molecule has 0 aliphatic carbocycles. The Morgan fingerprint density at radius 3 is 2.81 bits per heavy atom. The second-order valence-corrected chi connectivity index (χ2v) is 5.24. The van der Waals surface area contributed by atoms with Crippen molar-refractivity contribution in [3.05, 3.63) is 0 Å². The standard InChI is InChI=1S/C12H25N3O/c1-4-7-14-11(16)15-9-10-12(2,3)6-5-8-13-10/h10,13H,4-9H2,1-3H3,(H2,14,15,16). The molecular weight excluding hydrogens is 202 g/mol. The van der Waals surface area contributed by atoms with Gasteiger partial charge in [-0.3, -0.25) is 0 Å². The van der Waals surface area contributed by atoms with Gasteiger partial charge in [-0.2, -0.15) is 0 Å². The molecule has 1 atom stereocenters. The van der Waals surface area contributed by atoms with E-state index in [9.17, 15) is 4.79 Å². The van der Waals surface area contributed by atoms with Crippen molar-refractivity contribution in [3.63, 3.8) is 0 Å². The molecule has 0 spiro atoms. The van der Waals surface area contributed by atoms with Gasteiger partial charge in [-0.1, -0.05) is 20.8 Å². The van der Waals surface area contributed by atoms with Gasteiger partial charge in [0.05, 0.1) is 0 Å². The van der Waals surface area contributed by atoms with Crippen LogP contribution in [0.3, 0.4) is 0 Å². The van der Waals surface area contributed by atoms with Crippen LogP contribution >= 0.6 is 0 Å². The average Bonchev–Trinajstić information content (AvgIpc) is 2.24. The molecule has 94 valence electrons. The molecule has 1 aliphatic rings. The number of amides is 2. The molecule has 0 radical (unpaired) electrons. The van der Waals surface area contributed by atoms with E-state index in [0.29, 0.717) is 12.6 Å². The highest BCUT2D eigenvalue weighted by molar-refractivity contribution is 5.73. The zero-order valence-corrected chi connectivity index (χ0v) is 10.7. The molecule has 1 saturated heterocycles. The van der Waals surface area contributed by atoms with Crippen molar-refractivity contribution in [1.29, 1.82) is 0 Å². The summed E-state index contributed by atoms with van der Waals surface area (Å²) in [6.07, 6.45) is 3.43. The number of carbonyl (C=O) groups is 1. The lowest BCUT2D eigenvalue weighted by atomic mass is 9.77. The first kappa shape index (κ1) is 13.3. The zero-order valence-electron chi connectivity index (χ0n) is 10.7. The predicted octanol–water partition coefficient (Wildman–Crippen LogP) is 1.47. The van der Waals surface area contributed by atoms with E-state index in [1.165, 1.54) is 12.8 Å². The van der Waals surface area contributed by atoms with Gasteiger partial charge in [0.2, 0.25) is 0 Å². The molecular formula is C12H25N3O. The van der Waals surface area contributed by atoms with Crippen LogP contribution in [0.25, 0.3) is 0 Å². The van der Waals surface area contributed by atoms with Gasteiger partial charge in [-0.25, -0.2) is 4.79 Å². The molecule has 1 aliphatic heterocycles. The van der Waals surface area contributed by atoms with Gasteiger partial charge in [0.1, 0.15) is 0 Å². The molecule has 3 N–H and O–H groups in total. The molecule has 1 heterocycles. The van der Waals surface area contributed by atoms with Crippen molar-refractivity contribution in [2.24, 2.45) is 5.41 Å². The average molecular weight is 227 g/mol. The van der Waals surface area contributed by atoms with E-state index in [-0.39, 0.29) is 11.4 Å². The summed E-state index contributed by atoms with van der Waals surface area (Å²) < 4.78 is 0. The number of hydrogen-bond acceptors (Lipinski definition) is 2. The Morgan fingerprint density at radius 1 is 1.44 bits per heavy atom. The van der Waals surface area contributed by atoms with Crippen molar-refractivity contribution in [2.45, 2.75) is 46.1 Å². The van der Waals surface area contributed by atoms with Gasteiger partial charge < -0.3 is 16.0 Å². The lowest BCUT2D eigenvalue weighted by Crippen LogP contribution is -2.54. The Kier molecular flexibility index (Phi) is 5.06. The smallest absolute Gasteiger partial charge is 0.314 e. The van der Waals surface area contributed by atoms with E-state index >= 15 is 0 Å².